The molecule has 0 aromatic heterocycles. The van der Waals surface area contributed by atoms with Crippen LogP contribution in [0.1, 0.15) is 174 Å². The summed E-state index contributed by atoms with van der Waals surface area (Å²) in [6.07, 6.45) is 21.4. The largest absolute Gasteiger partial charge is 0.446 e. The van der Waals surface area contributed by atoms with Crippen molar-refractivity contribution in [2.45, 2.75) is 165 Å². The first-order valence-electron chi connectivity index (χ1n) is 23.3. The molecule has 4 aromatic rings. The number of fused-ring (bicyclic) bond motifs is 5. The fraction of sp³-hybridized carbons (Fsp3) is 0.500. The zero-order chi connectivity index (χ0) is 40.1. The number of rotatable bonds is 4. The zero-order valence-corrected chi connectivity index (χ0v) is 35.0. The molecule has 4 fully saturated rings. The maximum atomic E-state index is 7.16. The van der Waals surface area contributed by atoms with Crippen LogP contribution in [0.5, 0.6) is 23.0 Å². The third-order valence-corrected chi connectivity index (χ3v) is 14.1. The van der Waals surface area contributed by atoms with Gasteiger partial charge in [-0.1, -0.05) is 126 Å². The second kappa shape index (κ2) is 18.2. The van der Waals surface area contributed by atoms with E-state index in [2.05, 4.69) is 60.5 Å². The predicted octanol–water partition coefficient (Wildman–Crippen LogP) is 15.0. The van der Waals surface area contributed by atoms with E-state index >= 15 is 0 Å². The molecule has 0 saturated heterocycles. The van der Waals surface area contributed by atoms with E-state index in [4.69, 9.17) is 38.9 Å². The number of hydrogen-bond acceptors (Lipinski definition) is 8. The fourth-order valence-electron chi connectivity index (χ4n) is 11.0. The number of ether oxygens (including phenoxy) is 4. The molecule has 4 aromatic carbocycles. The average Bonchev–Trinajstić information content (AvgIpc) is 3.35. The van der Waals surface area contributed by atoms with Crippen molar-refractivity contribution < 1.29 is 18.9 Å². The Morgan fingerprint density at radius 1 is 0.317 bits per heavy atom. The Hall–Kier alpha value is -5.16. The van der Waals surface area contributed by atoms with E-state index in [9.17, 15) is 0 Å². The molecule has 2 aliphatic heterocycles. The number of nitrogens with zero attached hydrogens (tertiary/aromatic N) is 4. The van der Waals surface area contributed by atoms with Crippen molar-refractivity contribution in [1.82, 2.24) is 0 Å². The van der Waals surface area contributed by atoms with Crippen molar-refractivity contribution >= 4 is 34.8 Å². The zero-order valence-electron chi connectivity index (χ0n) is 35.0. The van der Waals surface area contributed by atoms with Gasteiger partial charge < -0.3 is 18.9 Å². The summed E-state index contributed by atoms with van der Waals surface area (Å²) in [5, 5.41) is 0. The average molecular weight is 803 g/mol. The van der Waals surface area contributed by atoms with Gasteiger partial charge in [-0.05, 0) is 122 Å². The number of benzene rings is 4. The van der Waals surface area contributed by atoms with Gasteiger partial charge in [0.2, 0.25) is 0 Å². The van der Waals surface area contributed by atoms with Crippen molar-refractivity contribution in [2.75, 3.05) is 0 Å². The molecule has 4 saturated carbocycles. The Morgan fingerprint density at radius 2 is 0.550 bits per heavy atom. The standard InChI is InChI=1S/C52H58N4O4/c1-5-17-35(18-6-1)39-25-13-29-43-47(39)53-33-54-48-40(36-19-7-2-8-20-36)26-14-30-44(48)59-52-51(57-43)58-45-31-15-27-41(37-21-9-3-10-22-37)49(45)55-34-56-50-42(28-16-32-46(50)60-52)38-23-11-4-12-24-38/h13-16,25-32,35-38,51-52H,1-12,17-24H2. The van der Waals surface area contributed by atoms with E-state index in [1.807, 2.05) is 24.3 Å². The maximum absolute atomic E-state index is 7.16. The Labute approximate surface area is 355 Å². The third-order valence-electron chi connectivity index (χ3n) is 14.1. The van der Waals surface area contributed by atoms with Crippen LogP contribution in [0, 0.1) is 0 Å². The number of hydrogen-bond donors (Lipinski definition) is 0. The van der Waals surface area contributed by atoms with E-state index in [-0.39, 0.29) is 0 Å². The lowest BCUT2D eigenvalue weighted by molar-refractivity contribution is -0.154. The molecule has 60 heavy (non-hydrogen) atoms. The number of para-hydroxylation sites is 4. The van der Waals surface area contributed by atoms with Gasteiger partial charge in [0.05, 0.1) is 0 Å². The SMILES string of the molecule is C1=Nc2c(cccc2C2CCCCC2)OC2Oc3cccc(C4CCCCC4)c3N=C=Nc3c(cccc3C3CCCCC3)OC2Oc2cccc(C3CCCCC3)c2N=1. The molecule has 0 radical (unpaired) electrons. The highest BCUT2D eigenvalue weighted by Crippen LogP contribution is 2.48. The Bertz CT molecular complexity index is 1970. The van der Waals surface area contributed by atoms with Gasteiger partial charge in [-0.2, -0.15) is 20.0 Å². The van der Waals surface area contributed by atoms with Crippen LogP contribution in [0.15, 0.2) is 92.8 Å². The minimum absolute atomic E-state index is 0.366. The molecule has 6 aliphatic rings. The minimum atomic E-state index is -1.09. The van der Waals surface area contributed by atoms with E-state index in [1.165, 1.54) is 77.0 Å². The summed E-state index contributed by atoms with van der Waals surface area (Å²) in [5.74, 6) is 3.79. The highest BCUT2D eigenvalue weighted by atomic mass is 16.8. The van der Waals surface area contributed by atoms with Gasteiger partial charge in [0, 0.05) is 0 Å². The summed E-state index contributed by atoms with van der Waals surface area (Å²) < 4.78 is 28.6. The molecule has 2 heterocycles. The van der Waals surface area contributed by atoms with Crippen molar-refractivity contribution in [1.29, 1.82) is 0 Å². The molecule has 0 atom stereocenters. The second-order valence-corrected chi connectivity index (χ2v) is 18.0. The first-order valence-corrected chi connectivity index (χ1v) is 23.3. The highest BCUT2D eigenvalue weighted by Gasteiger charge is 2.36. The normalized spacial score (nSPS) is 22.8. The maximum Gasteiger partial charge on any atom is 0.316 e. The second-order valence-electron chi connectivity index (χ2n) is 18.0. The molecule has 10 rings (SSSR count). The molecule has 310 valence electrons. The van der Waals surface area contributed by atoms with E-state index < -0.39 is 12.6 Å². The summed E-state index contributed by atoms with van der Waals surface area (Å²) in [6, 6.07) is 31.4. The quantitative estimate of drug-likeness (QED) is 0.206. The molecule has 0 N–H and O–H groups in total. The van der Waals surface area contributed by atoms with Gasteiger partial charge >= 0.3 is 12.6 Å². The van der Waals surface area contributed by atoms with Gasteiger partial charge in [0.1, 0.15) is 34.8 Å². The van der Waals surface area contributed by atoms with Crippen LogP contribution in [-0.4, -0.2) is 24.6 Å². The summed E-state index contributed by atoms with van der Waals surface area (Å²) in [4.78, 5) is 20.2. The van der Waals surface area contributed by atoms with E-state index in [1.54, 1.807) is 0 Å². The van der Waals surface area contributed by atoms with Crippen molar-refractivity contribution in [3.63, 3.8) is 0 Å². The van der Waals surface area contributed by atoms with Crippen LogP contribution < -0.4 is 18.9 Å². The fourth-order valence-corrected chi connectivity index (χ4v) is 11.0. The van der Waals surface area contributed by atoms with Crippen molar-refractivity contribution in [2.24, 2.45) is 20.0 Å². The number of aliphatic imine (C=N–C) groups is 4. The van der Waals surface area contributed by atoms with E-state index in [0.29, 0.717) is 46.7 Å². The van der Waals surface area contributed by atoms with Gasteiger partial charge in [0.25, 0.3) is 0 Å². The highest BCUT2D eigenvalue weighted by molar-refractivity contribution is 5.71. The molecule has 0 unspecified atom stereocenters. The molecular weight excluding hydrogens is 745 g/mol. The van der Waals surface area contributed by atoms with Crippen LogP contribution in [0.2, 0.25) is 0 Å². The first kappa shape index (κ1) is 39.0. The molecule has 0 bridgehead atoms. The Balaban J connectivity index is 1.18. The Morgan fingerprint density at radius 3 is 0.783 bits per heavy atom. The lowest BCUT2D eigenvalue weighted by Crippen LogP contribution is -2.45. The molecule has 0 spiro atoms. The van der Waals surface area contributed by atoms with Gasteiger partial charge in [-0.3, -0.25) is 0 Å². The molecule has 4 aliphatic carbocycles. The predicted molar refractivity (Wildman–Crippen MR) is 238 cm³/mol. The summed E-state index contributed by atoms with van der Waals surface area (Å²) >= 11 is 0. The summed E-state index contributed by atoms with van der Waals surface area (Å²) in [6.45, 7) is 0. The van der Waals surface area contributed by atoms with E-state index in [0.717, 1.165) is 96.4 Å². The van der Waals surface area contributed by atoms with Crippen LogP contribution >= 0.6 is 0 Å². The lowest BCUT2D eigenvalue weighted by atomic mass is 9.83. The van der Waals surface area contributed by atoms with Crippen LogP contribution in [0.25, 0.3) is 0 Å². The third kappa shape index (κ3) is 8.29. The van der Waals surface area contributed by atoms with Crippen molar-refractivity contribution in [3.8, 4) is 23.0 Å². The smallest absolute Gasteiger partial charge is 0.316 e. The molecule has 0 amide bonds. The van der Waals surface area contributed by atoms with Crippen LogP contribution in [0.4, 0.5) is 22.7 Å². The Kier molecular flexibility index (Phi) is 11.8. The molecular formula is C52H58N4O4. The van der Waals surface area contributed by atoms with Gasteiger partial charge in [-0.15, -0.1) is 0 Å². The van der Waals surface area contributed by atoms with Crippen LogP contribution in [-0.2, 0) is 0 Å². The first-order chi connectivity index (χ1) is 29.8. The van der Waals surface area contributed by atoms with Gasteiger partial charge in [-0.25, -0.2) is 0 Å². The molecule has 8 heteroatoms. The minimum Gasteiger partial charge on any atom is -0.446 e. The monoisotopic (exact) mass is 802 g/mol. The van der Waals surface area contributed by atoms with Gasteiger partial charge in [0.15, 0.2) is 23.0 Å². The lowest BCUT2D eigenvalue weighted by Gasteiger charge is -2.32. The van der Waals surface area contributed by atoms with Crippen LogP contribution in [0.3, 0.4) is 0 Å². The summed E-state index contributed by atoms with van der Waals surface area (Å²) in [5.41, 5.74) is 7.58. The van der Waals surface area contributed by atoms with Crippen molar-refractivity contribution in [3.05, 3.63) is 95.1 Å². The topological polar surface area (TPSA) is 86.4 Å². The summed E-state index contributed by atoms with van der Waals surface area (Å²) in [7, 11) is 0. The molecule has 8 nitrogen and oxygen atoms in total.